The van der Waals surface area contributed by atoms with Crippen LogP contribution in [-0.4, -0.2) is 4.98 Å². The van der Waals surface area contributed by atoms with Crippen LogP contribution >= 0.6 is 0 Å². The first-order valence-corrected chi connectivity index (χ1v) is 3.81. The van der Waals surface area contributed by atoms with Gasteiger partial charge in [-0.15, -0.1) is 5.92 Å². The Morgan fingerprint density at radius 3 is 2.67 bits per heavy atom. The van der Waals surface area contributed by atoms with Crippen LogP contribution < -0.4 is 5.73 Å². The summed E-state index contributed by atoms with van der Waals surface area (Å²) in [6.45, 7) is 5.75. The number of nitrogen functional groups attached to an aromatic ring is 1. The number of nitrogens with zero attached hydrogens (tertiary/aromatic N) is 1. The van der Waals surface area contributed by atoms with Crippen molar-refractivity contribution in [3.8, 4) is 11.8 Å². The van der Waals surface area contributed by atoms with E-state index < -0.39 is 0 Å². The zero-order valence-corrected chi connectivity index (χ0v) is 7.60. The van der Waals surface area contributed by atoms with Gasteiger partial charge < -0.3 is 5.73 Å². The van der Waals surface area contributed by atoms with E-state index in [2.05, 4.69) is 16.8 Å². The van der Waals surface area contributed by atoms with Crippen molar-refractivity contribution in [1.29, 1.82) is 0 Å². The SMILES string of the molecule is CC#Cc1cc(N)nc(C)c1C. The largest absolute Gasteiger partial charge is 0.384 e. The number of aryl methyl sites for hydroxylation is 1. The third-order valence-corrected chi connectivity index (χ3v) is 1.80. The van der Waals surface area contributed by atoms with E-state index in [-0.39, 0.29) is 0 Å². The Morgan fingerprint density at radius 2 is 2.08 bits per heavy atom. The number of anilines is 1. The Labute approximate surface area is 72.8 Å². The summed E-state index contributed by atoms with van der Waals surface area (Å²) in [7, 11) is 0. The molecule has 0 aliphatic carbocycles. The first kappa shape index (κ1) is 8.61. The Hall–Kier alpha value is -1.49. The van der Waals surface area contributed by atoms with Gasteiger partial charge in [0.1, 0.15) is 5.82 Å². The van der Waals surface area contributed by atoms with Gasteiger partial charge in [0.25, 0.3) is 0 Å². The van der Waals surface area contributed by atoms with Crippen molar-refractivity contribution in [1.82, 2.24) is 4.98 Å². The van der Waals surface area contributed by atoms with Crippen molar-refractivity contribution < 1.29 is 0 Å². The molecule has 1 aromatic heterocycles. The molecule has 1 heterocycles. The number of nitrogens with two attached hydrogens (primary N) is 1. The fourth-order valence-electron chi connectivity index (χ4n) is 1.03. The number of aromatic nitrogens is 1. The summed E-state index contributed by atoms with van der Waals surface area (Å²) >= 11 is 0. The van der Waals surface area contributed by atoms with Crippen LogP contribution in [0.5, 0.6) is 0 Å². The average Bonchev–Trinajstić information content (AvgIpc) is 2.00. The van der Waals surface area contributed by atoms with Gasteiger partial charge in [-0.3, -0.25) is 0 Å². The van der Waals surface area contributed by atoms with Crippen LogP contribution in [0.15, 0.2) is 6.07 Å². The minimum Gasteiger partial charge on any atom is -0.384 e. The lowest BCUT2D eigenvalue weighted by Gasteiger charge is -2.03. The molecule has 0 unspecified atom stereocenters. The Bertz CT molecular complexity index is 356. The molecular formula is C10H12N2. The summed E-state index contributed by atoms with van der Waals surface area (Å²) in [6, 6.07) is 1.80. The van der Waals surface area contributed by atoms with Gasteiger partial charge in [0.15, 0.2) is 0 Å². The number of hydrogen-bond acceptors (Lipinski definition) is 2. The standard InChI is InChI=1S/C10H12N2/c1-4-5-9-6-10(11)12-8(3)7(9)2/h6H,1-3H3,(H2,11,12). The maximum absolute atomic E-state index is 5.58. The molecule has 0 amide bonds. The zero-order valence-electron chi connectivity index (χ0n) is 7.60. The van der Waals surface area contributed by atoms with E-state index in [9.17, 15) is 0 Å². The molecule has 2 N–H and O–H groups in total. The molecule has 0 aliphatic heterocycles. The quantitative estimate of drug-likeness (QED) is 0.586. The van der Waals surface area contributed by atoms with Crippen molar-refractivity contribution >= 4 is 5.82 Å². The molecule has 2 heteroatoms. The second-order valence-corrected chi connectivity index (χ2v) is 2.68. The van der Waals surface area contributed by atoms with E-state index in [4.69, 9.17) is 5.73 Å². The van der Waals surface area contributed by atoms with E-state index in [1.807, 2.05) is 20.8 Å². The van der Waals surface area contributed by atoms with Crippen LogP contribution in [-0.2, 0) is 0 Å². The fourth-order valence-corrected chi connectivity index (χ4v) is 1.03. The van der Waals surface area contributed by atoms with Crippen LogP contribution in [0.3, 0.4) is 0 Å². The molecule has 62 valence electrons. The summed E-state index contributed by atoms with van der Waals surface area (Å²) < 4.78 is 0. The summed E-state index contributed by atoms with van der Waals surface area (Å²) in [6.07, 6.45) is 0. The minimum atomic E-state index is 0.538. The third-order valence-electron chi connectivity index (χ3n) is 1.80. The normalized spacial score (nSPS) is 8.92. The maximum Gasteiger partial charge on any atom is 0.124 e. The predicted octanol–water partition coefficient (Wildman–Crippen LogP) is 1.65. The van der Waals surface area contributed by atoms with Gasteiger partial charge in [0.05, 0.1) is 0 Å². The highest BCUT2D eigenvalue weighted by molar-refractivity contribution is 5.48. The highest BCUT2D eigenvalue weighted by Crippen LogP contribution is 2.12. The molecule has 12 heavy (non-hydrogen) atoms. The topological polar surface area (TPSA) is 38.9 Å². The molecule has 0 saturated heterocycles. The molecule has 0 bridgehead atoms. The first-order chi connectivity index (χ1) is 5.65. The second-order valence-electron chi connectivity index (χ2n) is 2.68. The smallest absolute Gasteiger partial charge is 0.124 e. The molecule has 0 radical (unpaired) electrons. The lowest BCUT2D eigenvalue weighted by molar-refractivity contribution is 1.15. The second kappa shape index (κ2) is 3.27. The van der Waals surface area contributed by atoms with E-state index >= 15 is 0 Å². The molecule has 0 aliphatic rings. The number of pyridine rings is 1. The highest BCUT2D eigenvalue weighted by Gasteiger charge is 2.00. The van der Waals surface area contributed by atoms with E-state index in [1.165, 1.54) is 0 Å². The number of rotatable bonds is 0. The molecule has 0 saturated carbocycles. The Kier molecular flexibility index (Phi) is 2.35. The van der Waals surface area contributed by atoms with Gasteiger partial charge in [0, 0.05) is 11.3 Å². The van der Waals surface area contributed by atoms with Gasteiger partial charge in [-0.05, 0) is 32.4 Å². The zero-order chi connectivity index (χ0) is 9.14. The number of hydrogen-bond donors (Lipinski definition) is 1. The molecule has 2 nitrogen and oxygen atoms in total. The molecule has 0 atom stereocenters. The molecule has 0 aromatic carbocycles. The lowest BCUT2D eigenvalue weighted by atomic mass is 10.1. The van der Waals surface area contributed by atoms with Crippen molar-refractivity contribution in [3.05, 3.63) is 22.9 Å². The van der Waals surface area contributed by atoms with Crippen molar-refractivity contribution in [2.75, 3.05) is 5.73 Å². The van der Waals surface area contributed by atoms with Crippen LogP contribution in [0.25, 0.3) is 0 Å². The lowest BCUT2D eigenvalue weighted by Crippen LogP contribution is -1.97. The van der Waals surface area contributed by atoms with E-state index in [0.717, 1.165) is 16.8 Å². The summed E-state index contributed by atoms with van der Waals surface area (Å²) in [5, 5.41) is 0. The Balaban J connectivity index is 3.34. The summed E-state index contributed by atoms with van der Waals surface area (Å²) in [5.41, 5.74) is 8.62. The van der Waals surface area contributed by atoms with E-state index in [1.54, 1.807) is 6.07 Å². The van der Waals surface area contributed by atoms with Crippen LogP contribution in [0.2, 0.25) is 0 Å². The van der Waals surface area contributed by atoms with Crippen LogP contribution in [0, 0.1) is 25.7 Å². The van der Waals surface area contributed by atoms with Gasteiger partial charge in [-0.25, -0.2) is 4.98 Å². The summed E-state index contributed by atoms with van der Waals surface area (Å²) in [4.78, 5) is 4.13. The van der Waals surface area contributed by atoms with Crippen LogP contribution in [0.4, 0.5) is 5.82 Å². The van der Waals surface area contributed by atoms with Gasteiger partial charge in [-0.2, -0.15) is 0 Å². The molecule has 0 spiro atoms. The molecule has 0 fully saturated rings. The maximum atomic E-state index is 5.58. The van der Waals surface area contributed by atoms with E-state index in [0.29, 0.717) is 5.82 Å². The fraction of sp³-hybridized carbons (Fsp3) is 0.300. The van der Waals surface area contributed by atoms with Gasteiger partial charge in [-0.1, -0.05) is 5.92 Å². The highest BCUT2D eigenvalue weighted by atomic mass is 14.8. The molecule has 1 aromatic rings. The Morgan fingerprint density at radius 1 is 1.42 bits per heavy atom. The molecular weight excluding hydrogens is 148 g/mol. The molecule has 1 rings (SSSR count). The first-order valence-electron chi connectivity index (χ1n) is 3.81. The van der Waals surface area contributed by atoms with Crippen molar-refractivity contribution in [2.45, 2.75) is 20.8 Å². The van der Waals surface area contributed by atoms with Crippen molar-refractivity contribution in [3.63, 3.8) is 0 Å². The van der Waals surface area contributed by atoms with Crippen molar-refractivity contribution in [2.24, 2.45) is 0 Å². The predicted molar refractivity (Wildman–Crippen MR) is 50.7 cm³/mol. The minimum absolute atomic E-state index is 0.538. The summed E-state index contributed by atoms with van der Waals surface area (Å²) in [5.74, 6) is 6.37. The van der Waals surface area contributed by atoms with Crippen LogP contribution in [0.1, 0.15) is 23.7 Å². The van der Waals surface area contributed by atoms with Gasteiger partial charge in [0.2, 0.25) is 0 Å². The average molecular weight is 160 g/mol. The monoisotopic (exact) mass is 160 g/mol. The third kappa shape index (κ3) is 1.57. The van der Waals surface area contributed by atoms with Gasteiger partial charge >= 0.3 is 0 Å².